The van der Waals surface area contributed by atoms with Gasteiger partial charge in [-0.1, -0.05) is 88.7 Å². The van der Waals surface area contributed by atoms with Crippen LogP contribution in [0, 0.1) is 0 Å². The van der Waals surface area contributed by atoms with Gasteiger partial charge in [-0.25, -0.2) is 0 Å². The Labute approximate surface area is 224 Å². The minimum absolute atomic E-state index is 0.0528. The molecule has 1 atom stereocenters. The standard InChI is InChI=1S/C31H50O6/c1-3-4-5-6-7-8-9-10-11-12-13-14-15-16-17-20-31(34)37-26-28(32)25-36-23-18-19-27-21-22-29(33)30(24-27)35-2/h10-11,18-19,21-22,24,28,32-33H,3-9,12-17,20,23,25-26H2,1-2H3/b11-10-,19-18?. The fourth-order valence-electron chi connectivity index (χ4n) is 3.90. The van der Waals surface area contributed by atoms with Gasteiger partial charge in [0.05, 0.1) is 20.3 Å². The van der Waals surface area contributed by atoms with Gasteiger partial charge in [-0.2, -0.15) is 0 Å². The van der Waals surface area contributed by atoms with Crippen molar-refractivity contribution in [2.45, 2.75) is 103 Å². The molecule has 0 fully saturated rings. The maximum Gasteiger partial charge on any atom is 0.305 e. The zero-order valence-corrected chi connectivity index (χ0v) is 23.2. The SMILES string of the molecule is CCCCCCCC/C=C\CCCCCCCC(=O)OCC(O)COCC=Cc1ccc(O)c(OC)c1. The Kier molecular flexibility index (Phi) is 20.2. The Morgan fingerprint density at radius 2 is 1.54 bits per heavy atom. The summed E-state index contributed by atoms with van der Waals surface area (Å²) in [7, 11) is 1.50. The number of unbranched alkanes of at least 4 members (excludes halogenated alkanes) is 11. The molecule has 0 saturated carbocycles. The summed E-state index contributed by atoms with van der Waals surface area (Å²) >= 11 is 0. The van der Waals surface area contributed by atoms with E-state index in [0.29, 0.717) is 18.8 Å². The zero-order valence-electron chi connectivity index (χ0n) is 23.2. The molecule has 2 N–H and O–H groups in total. The molecular weight excluding hydrogens is 468 g/mol. The van der Waals surface area contributed by atoms with Crippen LogP contribution in [0.25, 0.3) is 6.08 Å². The first kappa shape index (κ1) is 32.7. The summed E-state index contributed by atoms with van der Waals surface area (Å²) in [6.07, 6.45) is 23.7. The predicted octanol–water partition coefficient (Wildman–Crippen LogP) is 7.37. The van der Waals surface area contributed by atoms with Crippen LogP contribution in [0.5, 0.6) is 11.5 Å². The van der Waals surface area contributed by atoms with Gasteiger partial charge in [0.2, 0.25) is 0 Å². The second kappa shape index (κ2) is 22.9. The van der Waals surface area contributed by atoms with E-state index in [2.05, 4.69) is 19.1 Å². The quantitative estimate of drug-likeness (QED) is 0.0893. The van der Waals surface area contributed by atoms with E-state index < -0.39 is 6.10 Å². The van der Waals surface area contributed by atoms with E-state index in [1.807, 2.05) is 6.08 Å². The minimum Gasteiger partial charge on any atom is -0.504 e. The van der Waals surface area contributed by atoms with Gasteiger partial charge >= 0.3 is 5.97 Å². The van der Waals surface area contributed by atoms with E-state index in [9.17, 15) is 15.0 Å². The number of aromatic hydroxyl groups is 1. The first-order valence-corrected chi connectivity index (χ1v) is 14.2. The van der Waals surface area contributed by atoms with Crippen molar-refractivity contribution in [3.63, 3.8) is 0 Å². The van der Waals surface area contributed by atoms with Crippen LogP contribution in [-0.2, 0) is 14.3 Å². The van der Waals surface area contributed by atoms with Crippen LogP contribution in [0.2, 0.25) is 0 Å². The van der Waals surface area contributed by atoms with Crippen molar-refractivity contribution in [2.24, 2.45) is 0 Å². The van der Waals surface area contributed by atoms with Crippen molar-refractivity contribution in [3.8, 4) is 11.5 Å². The van der Waals surface area contributed by atoms with E-state index >= 15 is 0 Å². The first-order valence-electron chi connectivity index (χ1n) is 14.2. The highest BCUT2D eigenvalue weighted by atomic mass is 16.5. The molecule has 0 aliphatic heterocycles. The molecule has 1 aromatic carbocycles. The summed E-state index contributed by atoms with van der Waals surface area (Å²) in [4.78, 5) is 11.9. The van der Waals surface area contributed by atoms with Crippen LogP contribution < -0.4 is 4.74 Å². The zero-order chi connectivity index (χ0) is 27.0. The number of phenols is 1. The molecule has 1 aromatic rings. The number of ether oxygens (including phenoxy) is 3. The van der Waals surface area contributed by atoms with Crippen molar-refractivity contribution in [3.05, 3.63) is 42.0 Å². The molecule has 6 heteroatoms. The maximum atomic E-state index is 11.9. The first-order chi connectivity index (χ1) is 18.1. The molecule has 210 valence electrons. The third kappa shape index (κ3) is 18.6. The number of rotatable bonds is 23. The highest BCUT2D eigenvalue weighted by Crippen LogP contribution is 2.26. The van der Waals surface area contributed by atoms with Crippen LogP contribution in [0.15, 0.2) is 36.4 Å². The Morgan fingerprint density at radius 3 is 2.22 bits per heavy atom. The molecule has 1 unspecified atom stereocenters. The number of carbonyl (C=O) groups is 1. The molecule has 0 heterocycles. The molecule has 0 aliphatic rings. The van der Waals surface area contributed by atoms with Crippen molar-refractivity contribution in [1.82, 2.24) is 0 Å². The molecule has 0 amide bonds. The Balaban J connectivity index is 1.93. The molecule has 6 nitrogen and oxygen atoms in total. The van der Waals surface area contributed by atoms with Crippen molar-refractivity contribution in [2.75, 3.05) is 26.9 Å². The molecule has 0 spiro atoms. The monoisotopic (exact) mass is 518 g/mol. The smallest absolute Gasteiger partial charge is 0.305 e. The fraction of sp³-hybridized carbons (Fsp3) is 0.645. The van der Waals surface area contributed by atoms with Crippen LogP contribution in [0.1, 0.15) is 102 Å². The Morgan fingerprint density at radius 1 is 0.892 bits per heavy atom. The summed E-state index contributed by atoms with van der Waals surface area (Å²) in [5.41, 5.74) is 0.864. The average Bonchev–Trinajstić information content (AvgIpc) is 2.90. The molecular formula is C31H50O6. The topological polar surface area (TPSA) is 85.2 Å². The molecule has 0 aromatic heterocycles. The van der Waals surface area contributed by atoms with Gasteiger partial charge in [0.25, 0.3) is 0 Å². The highest BCUT2D eigenvalue weighted by Gasteiger charge is 2.09. The second-order valence-corrected chi connectivity index (χ2v) is 9.54. The van der Waals surface area contributed by atoms with E-state index in [1.165, 1.54) is 64.9 Å². The van der Waals surface area contributed by atoms with Crippen molar-refractivity contribution >= 4 is 12.0 Å². The number of methoxy groups -OCH3 is 1. The van der Waals surface area contributed by atoms with Crippen LogP contribution in [0.4, 0.5) is 0 Å². The molecule has 0 bridgehead atoms. The number of allylic oxidation sites excluding steroid dienone is 2. The van der Waals surface area contributed by atoms with Gasteiger partial charge in [0.1, 0.15) is 12.7 Å². The summed E-state index contributed by atoms with van der Waals surface area (Å²) in [5.74, 6) is 0.228. The van der Waals surface area contributed by atoms with Gasteiger partial charge in [-0.05, 0) is 49.8 Å². The lowest BCUT2D eigenvalue weighted by Crippen LogP contribution is -2.23. The number of hydrogen-bond donors (Lipinski definition) is 2. The number of esters is 1. The van der Waals surface area contributed by atoms with Crippen molar-refractivity contribution in [1.29, 1.82) is 0 Å². The van der Waals surface area contributed by atoms with Crippen molar-refractivity contribution < 1.29 is 29.2 Å². The van der Waals surface area contributed by atoms with Crippen LogP contribution >= 0.6 is 0 Å². The summed E-state index contributed by atoms with van der Waals surface area (Å²) in [5, 5.41) is 19.5. The summed E-state index contributed by atoms with van der Waals surface area (Å²) < 4.78 is 15.6. The highest BCUT2D eigenvalue weighted by molar-refractivity contribution is 5.69. The van der Waals surface area contributed by atoms with E-state index in [0.717, 1.165) is 31.2 Å². The lowest BCUT2D eigenvalue weighted by atomic mass is 10.1. The fourth-order valence-corrected chi connectivity index (χ4v) is 3.90. The Bertz CT molecular complexity index is 758. The molecule has 1 rings (SSSR count). The number of carbonyl (C=O) groups excluding carboxylic acids is 1. The van der Waals surface area contributed by atoms with Gasteiger partial charge in [0.15, 0.2) is 11.5 Å². The molecule has 0 radical (unpaired) electrons. The minimum atomic E-state index is -0.847. The summed E-state index contributed by atoms with van der Waals surface area (Å²) in [6, 6.07) is 5.04. The lowest BCUT2D eigenvalue weighted by Gasteiger charge is -2.11. The third-order valence-corrected chi connectivity index (χ3v) is 6.12. The van der Waals surface area contributed by atoms with Gasteiger partial charge in [-0.3, -0.25) is 4.79 Å². The number of aliphatic hydroxyl groups excluding tert-OH is 1. The van der Waals surface area contributed by atoms with Crippen LogP contribution in [0.3, 0.4) is 0 Å². The van der Waals surface area contributed by atoms with E-state index in [4.69, 9.17) is 14.2 Å². The maximum absolute atomic E-state index is 11.9. The molecule has 0 saturated heterocycles. The van der Waals surface area contributed by atoms with E-state index in [-0.39, 0.29) is 24.9 Å². The normalized spacial score (nSPS) is 12.4. The summed E-state index contributed by atoms with van der Waals surface area (Å²) in [6.45, 7) is 2.60. The van der Waals surface area contributed by atoms with E-state index in [1.54, 1.807) is 24.3 Å². The number of hydrogen-bond acceptors (Lipinski definition) is 6. The van der Waals surface area contributed by atoms with Gasteiger partial charge < -0.3 is 24.4 Å². The Hall–Kier alpha value is -2.31. The second-order valence-electron chi connectivity index (χ2n) is 9.54. The molecule has 0 aliphatic carbocycles. The number of aliphatic hydroxyl groups is 1. The average molecular weight is 519 g/mol. The largest absolute Gasteiger partial charge is 0.504 e. The lowest BCUT2D eigenvalue weighted by molar-refractivity contribution is -0.147. The number of phenolic OH excluding ortho intramolecular Hbond substituents is 1. The van der Waals surface area contributed by atoms with Gasteiger partial charge in [0, 0.05) is 6.42 Å². The molecule has 37 heavy (non-hydrogen) atoms. The third-order valence-electron chi connectivity index (χ3n) is 6.12. The predicted molar refractivity (Wildman–Crippen MR) is 151 cm³/mol. The van der Waals surface area contributed by atoms with Gasteiger partial charge in [-0.15, -0.1) is 0 Å². The number of benzene rings is 1. The van der Waals surface area contributed by atoms with Crippen LogP contribution in [-0.4, -0.2) is 49.2 Å².